The van der Waals surface area contributed by atoms with Gasteiger partial charge in [-0.05, 0) is 61.5 Å². The van der Waals surface area contributed by atoms with Gasteiger partial charge in [0.1, 0.15) is 23.3 Å². The van der Waals surface area contributed by atoms with E-state index in [4.69, 9.17) is 18.9 Å². The summed E-state index contributed by atoms with van der Waals surface area (Å²) in [7, 11) is 3.07. The molecule has 0 bridgehead atoms. The van der Waals surface area contributed by atoms with E-state index in [1.807, 2.05) is 0 Å². The number of esters is 2. The summed E-state index contributed by atoms with van der Waals surface area (Å²) < 4.78 is 21.6. The number of hydrogen-bond donors (Lipinski definition) is 0. The molecular weight excluding hydrogens is 498 g/mol. The highest BCUT2D eigenvalue weighted by molar-refractivity contribution is 5.91. The van der Waals surface area contributed by atoms with Crippen molar-refractivity contribution in [3.05, 3.63) is 83.9 Å². The van der Waals surface area contributed by atoms with Crippen LogP contribution in [0.4, 0.5) is 5.69 Å². The monoisotopic (exact) mass is 525 g/mol. The van der Waals surface area contributed by atoms with Gasteiger partial charge in [0.2, 0.25) is 0 Å². The van der Waals surface area contributed by atoms with Crippen LogP contribution in [0, 0.1) is 34.5 Å². The van der Waals surface area contributed by atoms with E-state index in [0.717, 1.165) is 0 Å². The van der Waals surface area contributed by atoms with Gasteiger partial charge in [0.05, 0.1) is 56.4 Å². The first-order chi connectivity index (χ1) is 19.0. The highest BCUT2D eigenvalue weighted by atomic mass is 16.5. The van der Waals surface area contributed by atoms with Gasteiger partial charge in [-0.2, -0.15) is 10.5 Å². The van der Waals surface area contributed by atoms with Crippen LogP contribution >= 0.6 is 0 Å². The Kier molecular flexibility index (Phi) is 8.33. The van der Waals surface area contributed by atoms with Crippen molar-refractivity contribution >= 4 is 17.6 Å². The molecule has 9 heteroatoms. The molecule has 0 unspecified atom stereocenters. The SMILES string of the molecule is CCOC(=O)[C@H]1[C@H](C#N)[C@@H](C#N)[C@H](c2ccccc2OC(=O)c2ccc(OC)cc2)N1c1ccc(OC)cc1. The van der Waals surface area contributed by atoms with Crippen LogP contribution in [0.15, 0.2) is 72.8 Å². The molecule has 0 aromatic heterocycles. The highest BCUT2D eigenvalue weighted by Gasteiger charge is 2.54. The largest absolute Gasteiger partial charge is 0.497 e. The fraction of sp³-hybridized carbons (Fsp3) is 0.267. The van der Waals surface area contributed by atoms with E-state index in [1.54, 1.807) is 91.7 Å². The Morgan fingerprint density at radius 1 is 0.846 bits per heavy atom. The zero-order valence-electron chi connectivity index (χ0n) is 21.7. The molecule has 4 rings (SSSR count). The number of carbonyl (C=O) groups is 2. The Balaban J connectivity index is 1.82. The number of carbonyl (C=O) groups excluding carboxylic acids is 2. The van der Waals surface area contributed by atoms with Gasteiger partial charge >= 0.3 is 11.9 Å². The molecule has 0 N–H and O–H groups in total. The molecule has 198 valence electrons. The Morgan fingerprint density at radius 2 is 1.44 bits per heavy atom. The van der Waals surface area contributed by atoms with E-state index in [9.17, 15) is 20.1 Å². The van der Waals surface area contributed by atoms with Crippen molar-refractivity contribution in [2.75, 3.05) is 25.7 Å². The smallest absolute Gasteiger partial charge is 0.343 e. The van der Waals surface area contributed by atoms with Crippen LogP contribution in [-0.4, -0.2) is 38.8 Å². The minimum absolute atomic E-state index is 0.113. The van der Waals surface area contributed by atoms with Gasteiger partial charge in [0.25, 0.3) is 0 Å². The third-order valence-electron chi connectivity index (χ3n) is 6.63. The Labute approximate surface area is 226 Å². The second-order valence-electron chi connectivity index (χ2n) is 8.71. The summed E-state index contributed by atoms with van der Waals surface area (Å²) in [6, 6.07) is 22.8. The minimum Gasteiger partial charge on any atom is -0.497 e. The zero-order valence-corrected chi connectivity index (χ0v) is 21.7. The number of hydrogen-bond acceptors (Lipinski definition) is 9. The molecule has 0 saturated carbocycles. The van der Waals surface area contributed by atoms with Crippen LogP contribution in [0.5, 0.6) is 17.2 Å². The minimum atomic E-state index is -1.07. The summed E-state index contributed by atoms with van der Waals surface area (Å²) in [5.74, 6) is -1.76. The van der Waals surface area contributed by atoms with Crippen molar-refractivity contribution in [1.82, 2.24) is 0 Å². The number of anilines is 1. The predicted molar refractivity (Wildman–Crippen MR) is 141 cm³/mol. The van der Waals surface area contributed by atoms with Gasteiger partial charge in [0.15, 0.2) is 0 Å². The van der Waals surface area contributed by atoms with Crippen LogP contribution in [0.25, 0.3) is 0 Å². The molecular formula is C30H27N3O6. The number of nitriles is 2. The number of nitrogens with zero attached hydrogens (tertiary/aromatic N) is 3. The van der Waals surface area contributed by atoms with Crippen molar-refractivity contribution in [3.63, 3.8) is 0 Å². The van der Waals surface area contributed by atoms with Gasteiger partial charge in [-0.1, -0.05) is 18.2 Å². The molecule has 1 heterocycles. The summed E-state index contributed by atoms with van der Waals surface area (Å²) in [6.45, 7) is 1.79. The molecule has 0 spiro atoms. The van der Waals surface area contributed by atoms with E-state index in [-0.39, 0.29) is 12.4 Å². The standard InChI is InChI=1S/C30H27N3O6/c1-4-38-30(35)28-25(18-32)24(17-31)27(33(28)20-11-15-22(37-3)16-12-20)23-7-5-6-8-26(23)39-29(34)19-9-13-21(36-2)14-10-19/h5-16,24-25,27-28H,4H2,1-3H3/t24-,25-,27+,28-/m1/s1. The topological polar surface area (TPSA) is 122 Å². The van der Waals surface area contributed by atoms with Crippen molar-refractivity contribution in [3.8, 4) is 29.4 Å². The highest BCUT2D eigenvalue weighted by Crippen LogP contribution is 2.49. The van der Waals surface area contributed by atoms with Crippen molar-refractivity contribution in [1.29, 1.82) is 10.5 Å². The van der Waals surface area contributed by atoms with Gasteiger partial charge in [-0.25, -0.2) is 9.59 Å². The lowest BCUT2D eigenvalue weighted by molar-refractivity contribution is -0.145. The van der Waals surface area contributed by atoms with Crippen LogP contribution in [0.3, 0.4) is 0 Å². The number of ether oxygens (including phenoxy) is 4. The molecule has 1 saturated heterocycles. The summed E-state index contributed by atoms with van der Waals surface area (Å²) in [5, 5.41) is 20.4. The Morgan fingerprint density at radius 3 is 2.00 bits per heavy atom. The fourth-order valence-electron chi connectivity index (χ4n) is 4.82. The number of rotatable bonds is 8. The van der Waals surface area contributed by atoms with E-state index in [0.29, 0.717) is 28.3 Å². The molecule has 39 heavy (non-hydrogen) atoms. The molecule has 0 amide bonds. The van der Waals surface area contributed by atoms with Crippen molar-refractivity contribution in [2.45, 2.75) is 19.0 Å². The van der Waals surface area contributed by atoms with Crippen molar-refractivity contribution < 1.29 is 28.5 Å². The van der Waals surface area contributed by atoms with Crippen LogP contribution in [-0.2, 0) is 9.53 Å². The first-order valence-corrected chi connectivity index (χ1v) is 12.3. The molecule has 0 radical (unpaired) electrons. The van der Waals surface area contributed by atoms with Gasteiger partial charge in [-0.15, -0.1) is 0 Å². The second-order valence-corrected chi connectivity index (χ2v) is 8.71. The van der Waals surface area contributed by atoms with Crippen molar-refractivity contribution in [2.24, 2.45) is 11.8 Å². The van der Waals surface area contributed by atoms with Gasteiger partial charge < -0.3 is 23.8 Å². The van der Waals surface area contributed by atoms with Crippen LogP contribution in [0.1, 0.15) is 28.9 Å². The number of benzene rings is 3. The molecule has 9 nitrogen and oxygen atoms in total. The zero-order chi connectivity index (χ0) is 27.9. The first kappa shape index (κ1) is 27.0. The normalized spacial score (nSPS) is 19.9. The predicted octanol–water partition coefficient (Wildman–Crippen LogP) is 4.70. The molecule has 3 aromatic rings. The van der Waals surface area contributed by atoms with Crippen LogP contribution < -0.4 is 19.1 Å². The number of para-hydroxylation sites is 1. The summed E-state index contributed by atoms with van der Waals surface area (Å²) >= 11 is 0. The van der Waals surface area contributed by atoms with E-state index < -0.39 is 35.9 Å². The lowest BCUT2D eigenvalue weighted by Crippen LogP contribution is -2.41. The summed E-state index contributed by atoms with van der Waals surface area (Å²) in [6.07, 6.45) is 0. The average Bonchev–Trinajstić information content (AvgIpc) is 3.31. The molecule has 1 aliphatic heterocycles. The molecule has 1 fully saturated rings. The first-order valence-electron chi connectivity index (χ1n) is 12.3. The molecule has 3 aromatic carbocycles. The maximum Gasteiger partial charge on any atom is 0.343 e. The lowest BCUT2D eigenvalue weighted by atomic mass is 9.86. The quantitative estimate of drug-likeness (QED) is 0.304. The summed E-state index contributed by atoms with van der Waals surface area (Å²) in [4.78, 5) is 28.0. The maximum absolute atomic E-state index is 13.2. The fourth-order valence-corrected chi connectivity index (χ4v) is 4.82. The third kappa shape index (κ3) is 5.34. The molecule has 4 atom stereocenters. The number of methoxy groups -OCH3 is 2. The van der Waals surface area contributed by atoms with Gasteiger partial charge in [0, 0.05) is 11.3 Å². The average molecular weight is 526 g/mol. The van der Waals surface area contributed by atoms with Gasteiger partial charge in [-0.3, -0.25) is 0 Å². The lowest BCUT2D eigenvalue weighted by Gasteiger charge is -2.32. The molecule has 1 aliphatic rings. The van der Waals surface area contributed by atoms with E-state index >= 15 is 0 Å². The van der Waals surface area contributed by atoms with Crippen LogP contribution in [0.2, 0.25) is 0 Å². The molecule has 0 aliphatic carbocycles. The van der Waals surface area contributed by atoms with E-state index in [2.05, 4.69) is 12.1 Å². The third-order valence-corrected chi connectivity index (χ3v) is 6.63. The Hall–Kier alpha value is -5.02. The second kappa shape index (κ2) is 12.0. The van der Waals surface area contributed by atoms with E-state index in [1.165, 1.54) is 7.11 Å². The summed E-state index contributed by atoms with van der Waals surface area (Å²) in [5.41, 5.74) is 1.36. The Bertz CT molecular complexity index is 1410. The maximum atomic E-state index is 13.2.